The molecule has 2 aromatic rings. The lowest BCUT2D eigenvalue weighted by molar-refractivity contribution is 0.0546. The van der Waals surface area contributed by atoms with Gasteiger partial charge < -0.3 is 14.7 Å². The van der Waals surface area contributed by atoms with E-state index in [1.807, 2.05) is 42.5 Å². The number of methoxy groups -OCH3 is 1. The van der Waals surface area contributed by atoms with E-state index >= 15 is 0 Å². The van der Waals surface area contributed by atoms with Gasteiger partial charge in [0.1, 0.15) is 0 Å². The molecule has 0 saturated carbocycles. The quantitative estimate of drug-likeness (QED) is 0.904. The molecule has 5 heteroatoms. The van der Waals surface area contributed by atoms with Crippen molar-refractivity contribution in [3.63, 3.8) is 0 Å². The fourth-order valence-electron chi connectivity index (χ4n) is 3.16. The molecule has 0 bridgehead atoms. The second-order valence-electron chi connectivity index (χ2n) is 6.34. The van der Waals surface area contributed by atoms with Crippen LogP contribution in [-0.4, -0.2) is 42.2 Å². The topological polar surface area (TPSA) is 49.8 Å². The predicted molar refractivity (Wildman–Crippen MR) is 98.7 cm³/mol. The Labute approximate surface area is 153 Å². The van der Waals surface area contributed by atoms with Gasteiger partial charge in [0.05, 0.1) is 12.7 Å². The van der Waals surface area contributed by atoms with Crippen LogP contribution in [0, 0.1) is 0 Å². The first kappa shape index (κ1) is 17.9. The Morgan fingerprint density at radius 1 is 1.20 bits per heavy atom. The number of hydrogen-bond donors (Lipinski definition) is 1. The van der Waals surface area contributed by atoms with E-state index in [0.717, 1.165) is 16.7 Å². The zero-order valence-corrected chi connectivity index (χ0v) is 15.0. The van der Waals surface area contributed by atoms with Crippen LogP contribution in [0.25, 0.3) is 11.1 Å². The largest absolute Gasteiger partial charge is 0.393 e. The Hall–Kier alpha value is -1.88. The van der Waals surface area contributed by atoms with Gasteiger partial charge in [-0.1, -0.05) is 29.8 Å². The summed E-state index contributed by atoms with van der Waals surface area (Å²) in [5, 5.41) is 10.3. The number of nitrogens with zero attached hydrogens (tertiary/aromatic N) is 1. The van der Waals surface area contributed by atoms with Gasteiger partial charge in [-0.25, -0.2) is 0 Å². The number of aliphatic hydroxyl groups excluding tert-OH is 1. The lowest BCUT2D eigenvalue weighted by Crippen LogP contribution is -2.40. The molecule has 132 valence electrons. The number of amides is 1. The number of carbonyl (C=O) groups is 1. The average molecular weight is 360 g/mol. The van der Waals surface area contributed by atoms with Gasteiger partial charge in [0, 0.05) is 30.8 Å². The van der Waals surface area contributed by atoms with E-state index in [-0.39, 0.29) is 12.0 Å². The van der Waals surface area contributed by atoms with E-state index in [1.165, 1.54) is 0 Å². The minimum atomic E-state index is -0.291. The van der Waals surface area contributed by atoms with Gasteiger partial charge in [-0.3, -0.25) is 4.79 Å². The zero-order chi connectivity index (χ0) is 17.8. The van der Waals surface area contributed by atoms with E-state index in [9.17, 15) is 9.90 Å². The summed E-state index contributed by atoms with van der Waals surface area (Å²) in [6, 6.07) is 13.4. The van der Waals surface area contributed by atoms with Gasteiger partial charge in [0.2, 0.25) is 0 Å². The molecule has 2 aromatic carbocycles. The fourth-order valence-corrected chi connectivity index (χ4v) is 3.29. The van der Waals surface area contributed by atoms with E-state index < -0.39 is 0 Å². The molecule has 0 radical (unpaired) electrons. The van der Waals surface area contributed by atoms with Crippen molar-refractivity contribution in [3.8, 4) is 11.1 Å². The molecule has 0 aromatic heterocycles. The monoisotopic (exact) mass is 359 g/mol. The molecular formula is C20H22ClNO3. The highest BCUT2D eigenvalue weighted by atomic mass is 35.5. The molecule has 25 heavy (non-hydrogen) atoms. The first-order valence-corrected chi connectivity index (χ1v) is 8.81. The van der Waals surface area contributed by atoms with Crippen molar-refractivity contribution in [1.82, 2.24) is 4.90 Å². The van der Waals surface area contributed by atoms with E-state index in [4.69, 9.17) is 16.3 Å². The van der Waals surface area contributed by atoms with Crippen LogP contribution in [0.4, 0.5) is 0 Å². The summed E-state index contributed by atoms with van der Waals surface area (Å²) >= 11 is 5.97. The van der Waals surface area contributed by atoms with Gasteiger partial charge in [-0.05, 0) is 53.8 Å². The second-order valence-corrected chi connectivity index (χ2v) is 6.77. The smallest absolute Gasteiger partial charge is 0.253 e. The number of aliphatic hydroxyl groups is 1. The maximum absolute atomic E-state index is 12.7. The Balaban J connectivity index is 1.88. The molecule has 0 aliphatic carbocycles. The van der Waals surface area contributed by atoms with Crippen molar-refractivity contribution in [2.45, 2.75) is 25.6 Å². The molecule has 1 heterocycles. The maximum Gasteiger partial charge on any atom is 0.253 e. The summed E-state index contributed by atoms with van der Waals surface area (Å²) in [5.74, 6) is 0.00640. The van der Waals surface area contributed by atoms with Crippen molar-refractivity contribution < 1.29 is 14.6 Å². The third kappa shape index (κ3) is 4.21. The van der Waals surface area contributed by atoms with E-state index in [0.29, 0.717) is 43.1 Å². The van der Waals surface area contributed by atoms with Gasteiger partial charge in [0.25, 0.3) is 5.91 Å². The number of halogens is 1. The van der Waals surface area contributed by atoms with Crippen LogP contribution in [0.5, 0.6) is 0 Å². The minimum absolute atomic E-state index is 0.00640. The highest BCUT2D eigenvalue weighted by Gasteiger charge is 2.23. The summed E-state index contributed by atoms with van der Waals surface area (Å²) in [7, 11) is 1.65. The van der Waals surface area contributed by atoms with Crippen LogP contribution >= 0.6 is 11.6 Å². The van der Waals surface area contributed by atoms with Crippen LogP contribution < -0.4 is 0 Å². The van der Waals surface area contributed by atoms with Crippen molar-refractivity contribution in [2.75, 3.05) is 20.2 Å². The molecule has 0 spiro atoms. The van der Waals surface area contributed by atoms with Crippen molar-refractivity contribution in [1.29, 1.82) is 0 Å². The van der Waals surface area contributed by atoms with E-state index in [2.05, 4.69) is 0 Å². The summed E-state index contributed by atoms with van der Waals surface area (Å²) in [6.07, 6.45) is 0.986. The maximum atomic E-state index is 12.7. The SMILES string of the molecule is COCc1cc(C(=O)N2CCC(O)CC2)ccc1-c1ccc(Cl)cc1. The lowest BCUT2D eigenvalue weighted by atomic mass is 9.97. The van der Waals surface area contributed by atoms with Crippen molar-refractivity contribution >= 4 is 17.5 Å². The zero-order valence-electron chi connectivity index (χ0n) is 14.2. The van der Waals surface area contributed by atoms with Crippen LogP contribution in [0.2, 0.25) is 5.02 Å². The predicted octanol–water partition coefficient (Wildman–Crippen LogP) is 3.75. The minimum Gasteiger partial charge on any atom is -0.393 e. The normalized spacial score (nSPS) is 15.4. The number of hydrogen-bond acceptors (Lipinski definition) is 3. The lowest BCUT2D eigenvalue weighted by Gasteiger charge is -2.29. The highest BCUT2D eigenvalue weighted by molar-refractivity contribution is 6.30. The third-order valence-electron chi connectivity index (χ3n) is 4.56. The summed E-state index contributed by atoms with van der Waals surface area (Å²) in [4.78, 5) is 14.5. The molecule has 1 fully saturated rings. The molecule has 1 N–H and O–H groups in total. The summed E-state index contributed by atoms with van der Waals surface area (Å²) in [5.41, 5.74) is 3.69. The second kappa shape index (κ2) is 8.00. The number of piperidine rings is 1. The Morgan fingerprint density at radius 2 is 1.88 bits per heavy atom. The van der Waals surface area contributed by atoms with Crippen LogP contribution in [0.3, 0.4) is 0 Å². The van der Waals surface area contributed by atoms with E-state index in [1.54, 1.807) is 12.0 Å². The highest BCUT2D eigenvalue weighted by Crippen LogP contribution is 2.27. The molecule has 3 rings (SSSR count). The molecular weight excluding hydrogens is 338 g/mol. The average Bonchev–Trinajstić information content (AvgIpc) is 2.63. The number of carbonyl (C=O) groups excluding carboxylic acids is 1. The first-order chi connectivity index (χ1) is 12.1. The van der Waals surface area contributed by atoms with Crippen molar-refractivity contribution in [2.24, 2.45) is 0 Å². The first-order valence-electron chi connectivity index (χ1n) is 8.43. The van der Waals surface area contributed by atoms with Gasteiger partial charge >= 0.3 is 0 Å². The Kier molecular flexibility index (Phi) is 5.74. The summed E-state index contributed by atoms with van der Waals surface area (Å²) in [6.45, 7) is 1.62. The molecule has 4 nitrogen and oxygen atoms in total. The third-order valence-corrected chi connectivity index (χ3v) is 4.81. The Morgan fingerprint density at radius 3 is 2.52 bits per heavy atom. The molecule has 1 aliphatic heterocycles. The fraction of sp³-hybridized carbons (Fsp3) is 0.350. The number of likely N-dealkylation sites (tertiary alicyclic amines) is 1. The van der Waals surface area contributed by atoms with Gasteiger partial charge in [-0.15, -0.1) is 0 Å². The number of ether oxygens (including phenoxy) is 1. The van der Waals surface area contributed by atoms with Gasteiger partial charge in [0.15, 0.2) is 0 Å². The van der Waals surface area contributed by atoms with Crippen LogP contribution in [0.15, 0.2) is 42.5 Å². The van der Waals surface area contributed by atoms with Crippen LogP contribution in [0.1, 0.15) is 28.8 Å². The summed E-state index contributed by atoms with van der Waals surface area (Å²) < 4.78 is 5.32. The molecule has 0 unspecified atom stereocenters. The standard InChI is InChI=1S/C20H22ClNO3/c1-25-13-16-12-15(20(24)22-10-8-18(23)9-11-22)4-7-19(16)14-2-5-17(21)6-3-14/h2-7,12,18,23H,8-11,13H2,1H3. The van der Waals surface area contributed by atoms with Crippen LogP contribution in [-0.2, 0) is 11.3 Å². The van der Waals surface area contributed by atoms with Gasteiger partial charge in [-0.2, -0.15) is 0 Å². The number of benzene rings is 2. The molecule has 0 atom stereocenters. The Bertz CT molecular complexity index is 737. The van der Waals surface area contributed by atoms with Crippen molar-refractivity contribution in [3.05, 3.63) is 58.6 Å². The molecule has 1 amide bonds. The number of rotatable bonds is 4. The molecule has 1 saturated heterocycles. The molecule has 1 aliphatic rings.